The van der Waals surface area contributed by atoms with Gasteiger partial charge in [0, 0.05) is 15.6 Å². The molecule has 0 heterocycles. The average Bonchev–Trinajstić information content (AvgIpc) is 2.56. The Morgan fingerprint density at radius 3 is 2.71 bits per heavy atom. The van der Waals surface area contributed by atoms with E-state index < -0.39 is 11.9 Å². The molecule has 2 aromatic carbocycles. The van der Waals surface area contributed by atoms with Crippen LogP contribution in [0.15, 0.2) is 53.0 Å². The summed E-state index contributed by atoms with van der Waals surface area (Å²) < 4.78 is 5.66. The first kappa shape index (κ1) is 18.2. The summed E-state index contributed by atoms with van der Waals surface area (Å²) in [5.74, 6) is -1.02. The number of carbonyl (C=O) groups excluding carboxylic acids is 2. The normalized spacial score (nSPS) is 10.6. The van der Waals surface area contributed by atoms with Gasteiger partial charge in [-0.2, -0.15) is 0 Å². The molecule has 0 spiro atoms. The molecule has 2 rings (SSSR count). The number of nitrogens with one attached hydrogen (secondary N) is 1. The number of benzene rings is 2. The molecule has 0 saturated carbocycles. The van der Waals surface area contributed by atoms with Crippen molar-refractivity contribution in [3.05, 3.63) is 69.2 Å². The van der Waals surface area contributed by atoms with Crippen LogP contribution in [0.4, 0.5) is 5.69 Å². The minimum Gasteiger partial charge on any atom is -0.452 e. The van der Waals surface area contributed by atoms with Gasteiger partial charge in [-0.3, -0.25) is 4.79 Å². The van der Waals surface area contributed by atoms with Gasteiger partial charge in [0.1, 0.15) is 0 Å². The number of hydrogen-bond acceptors (Lipinski definition) is 3. The number of amides is 1. The Hall–Kier alpha value is -2.11. The van der Waals surface area contributed by atoms with E-state index in [0.717, 1.165) is 15.6 Å². The van der Waals surface area contributed by atoms with E-state index in [-0.39, 0.29) is 6.61 Å². The molecule has 0 radical (unpaired) electrons. The topological polar surface area (TPSA) is 55.4 Å². The van der Waals surface area contributed by atoms with Gasteiger partial charge in [0.2, 0.25) is 0 Å². The molecule has 0 aliphatic rings. The van der Waals surface area contributed by atoms with Gasteiger partial charge in [-0.25, -0.2) is 4.79 Å². The number of esters is 1. The molecule has 0 atom stereocenters. The molecule has 124 valence electrons. The largest absolute Gasteiger partial charge is 0.452 e. The first-order valence-corrected chi connectivity index (χ1v) is 8.28. The Morgan fingerprint density at radius 1 is 1.25 bits per heavy atom. The molecule has 1 N–H and O–H groups in total. The lowest BCUT2D eigenvalue weighted by Gasteiger charge is -2.07. The molecule has 24 heavy (non-hydrogen) atoms. The molecule has 1 amide bonds. The summed E-state index contributed by atoms with van der Waals surface area (Å²) in [4.78, 5) is 23.4. The van der Waals surface area contributed by atoms with Crippen molar-refractivity contribution < 1.29 is 14.3 Å². The number of carbonyl (C=O) groups is 2. The van der Waals surface area contributed by atoms with Crippen LogP contribution >= 0.6 is 27.5 Å². The number of para-hydroxylation sites is 1. The molecule has 0 aliphatic carbocycles. The van der Waals surface area contributed by atoms with Crippen LogP contribution in [0.25, 0.3) is 6.08 Å². The summed E-state index contributed by atoms with van der Waals surface area (Å²) in [6.45, 7) is 1.53. The maximum absolute atomic E-state index is 11.8. The zero-order valence-corrected chi connectivity index (χ0v) is 15.2. The Labute approximate surface area is 153 Å². The Morgan fingerprint density at radius 2 is 2.00 bits per heavy atom. The zero-order chi connectivity index (χ0) is 17.5. The minimum absolute atomic E-state index is 0.362. The lowest BCUT2D eigenvalue weighted by Crippen LogP contribution is -2.20. The maximum atomic E-state index is 11.8. The van der Waals surface area contributed by atoms with Gasteiger partial charge in [0.25, 0.3) is 5.91 Å². The highest BCUT2D eigenvalue weighted by atomic mass is 79.9. The van der Waals surface area contributed by atoms with Crippen LogP contribution < -0.4 is 5.32 Å². The summed E-state index contributed by atoms with van der Waals surface area (Å²) in [7, 11) is 0. The summed E-state index contributed by atoms with van der Waals surface area (Å²) in [6.07, 6.45) is 2.84. The Balaban J connectivity index is 1.84. The molecule has 0 saturated heterocycles. The third kappa shape index (κ3) is 5.51. The quantitative estimate of drug-likeness (QED) is 0.581. The van der Waals surface area contributed by atoms with Crippen LogP contribution in [0.3, 0.4) is 0 Å². The molecular formula is C18H15BrClNO3. The van der Waals surface area contributed by atoms with Crippen LogP contribution in [0, 0.1) is 6.92 Å². The van der Waals surface area contributed by atoms with Crippen molar-refractivity contribution >= 4 is 51.2 Å². The fraction of sp³-hybridized carbons (Fsp3) is 0.111. The van der Waals surface area contributed by atoms with Crippen molar-refractivity contribution in [1.82, 2.24) is 0 Å². The fourth-order valence-corrected chi connectivity index (χ4v) is 2.38. The molecular weight excluding hydrogens is 394 g/mol. The highest BCUT2D eigenvalue weighted by molar-refractivity contribution is 9.10. The van der Waals surface area contributed by atoms with Crippen LogP contribution in [-0.4, -0.2) is 18.5 Å². The fourth-order valence-electron chi connectivity index (χ4n) is 1.81. The number of ether oxygens (including phenoxy) is 1. The highest BCUT2D eigenvalue weighted by Gasteiger charge is 2.07. The minimum atomic E-state index is -0.603. The SMILES string of the molecule is Cc1ccc(/C=C/C(=O)OCC(=O)Nc2ccccc2Br)cc1Cl. The van der Waals surface area contributed by atoms with E-state index in [4.69, 9.17) is 16.3 Å². The van der Waals surface area contributed by atoms with E-state index in [1.807, 2.05) is 25.1 Å². The second-order valence-corrected chi connectivity index (χ2v) is 6.24. The van der Waals surface area contributed by atoms with Crippen molar-refractivity contribution in [2.45, 2.75) is 6.92 Å². The zero-order valence-electron chi connectivity index (χ0n) is 12.9. The van der Waals surface area contributed by atoms with Crippen LogP contribution in [0.1, 0.15) is 11.1 Å². The lowest BCUT2D eigenvalue weighted by atomic mass is 10.1. The lowest BCUT2D eigenvalue weighted by molar-refractivity contribution is -0.142. The second-order valence-electron chi connectivity index (χ2n) is 4.98. The molecule has 4 nitrogen and oxygen atoms in total. The predicted octanol–water partition coefficient (Wildman–Crippen LogP) is 4.61. The summed E-state index contributed by atoms with van der Waals surface area (Å²) >= 11 is 9.34. The van der Waals surface area contributed by atoms with Crippen LogP contribution in [0.5, 0.6) is 0 Å². The smallest absolute Gasteiger partial charge is 0.331 e. The Kier molecular flexibility index (Phi) is 6.58. The predicted molar refractivity (Wildman–Crippen MR) is 99.0 cm³/mol. The monoisotopic (exact) mass is 407 g/mol. The van der Waals surface area contributed by atoms with Gasteiger partial charge < -0.3 is 10.1 Å². The van der Waals surface area contributed by atoms with Gasteiger partial charge >= 0.3 is 5.97 Å². The number of rotatable bonds is 5. The van der Waals surface area contributed by atoms with Gasteiger partial charge in [0.05, 0.1) is 5.69 Å². The summed E-state index contributed by atoms with van der Waals surface area (Å²) in [5.41, 5.74) is 2.35. The van der Waals surface area contributed by atoms with Crippen molar-refractivity contribution in [3.63, 3.8) is 0 Å². The standard InChI is InChI=1S/C18H15BrClNO3/c1-12-6-7-13(10-15(12)20)8-9-18(23)24-11-17(22)21-16-5-3-2-4-14(16)19/h2-10H,11H2,1H3,(H,21,22)/b9-8+. The summed E-state index contributed by atoms with van der Waals surface area (Å²) in [5, 5.41) is 3.27. The molecule has 0 bridgehead atoms. The third-order valence-electron chi connectivity index (χ3n) is 3.10. The maximum Gasteiger partial charge on any atom is 0.331 e. The van der Waals surface area contributed by atoms with E-state index in [9.17, 15) is 9.59 Å². The van der Waals surface area contributed by atoms with E-state index in [1.54, 1.807) is 30.3 Å². The van der Waals surface area contributed by atoms with Crippen LogP contribution in [-0.2, 0) is 14.3 Å². The highest BCUT2D eigenvalue weighted by Crippen LogP contribution is 2.21. The molecule has 6 heteroatoms. The van der Waals surface area contributed by atoms with Crippen molar-refractivity contribution in [3.8, 4) is 0 Å². The molecule has 0 aliphatic heterocycles. The first-order chi connectivity index (χ1) is 11.5. The van der Waals surface area contributed by atoms with Crippen molar-refractivity contribution in [2.24, 2.45) is 0 Å². The number of hydrogen-bond donors (Lipinski definition) is 1. The molecule has 0 unspecified atom stereocenters. The van der Waals surface area contributed by atoms with Crippen molar-refractivity contribution in [1.29, 1.82) is 0 Å². The average molecular weight is 409 g/mol. The van der Waals surface area contributed by atoms with Gasteiger partial charge in [-0.05, 0) is 58.3 Å². The van der Waals surface area contributed by atoms with Gasteiger partial charge in [0.15, 0.2) is 6.61 Å². The van der Waals surface area contributed by atoms with Gasteiger partial charge in [-0.15, -0.1) is 0 Å². The molecule has 2 aromatic rings. The van der Waals surface area contributed by atoms with E-state index in [2.05, 4.69) is 21.2 Å². The van der Waals surface area contributed by atoms with E-state index >= 15 is 0 Å². The Bertz CT molecular complexity index is 790. The van der Waals surface area contributed by atoms with Gasteiger partial charge in [-0.1, -0.05) is 35.9 Å². The first-order valence-electron chi connectivity index (χ1n) is 7.11. The number of halogens is 2. The second kappa shape index (κ2) is 8.66. The summed E-state index contributed by atoms with van der Waals surface area (Å²) in [6, 6.07) is 12.6. The third-order valence-corrected chi connectivity index (χ3v) is 4.20. The van der Waals surface area contributed by atoms with E-state index in [1.165, 1.54) is 6.08 Å². The number of anilines is 1. The molecule has 0 fully saturated rings. The number of aryl methyl sites for hydroxylation is 1. The van der Waals surface area contributed by atoms with Crippen LogP contribution in [0.2, 0.25) is 5.02 Å². The molecule has 0 aromatic heterocycles. The van der Waals surface area contributed by atoms with E-state index in [0.29, 0.717) is 10.7 Å². The van der Waals surface area contributed by atoms with Crippen molar-refractivity contribution in [2.75, 3.05) is 11.9 Å².